The average molecular weight is 366 g/mol. The van der Waals surface area contributed by atoms with Crippen LogP contribution in [-0.2, 0) is 4.79 Å². The minimum atomic E-state index is -0.731. The first kappa shape index (κ1) is 19.2. The smallest absolute Gasteiger partial charge is 0.283 e. The van der Waals surface area contributed by atoms with Crippen molar-refractivity contribution < 1.29 is 14.5 Å². The van der Waals surface area contributed by atoms with Crippen molar-refractivity contribution in [1.29, 1.82) is 0 Å². The summed E-state index contributed by atoms with van der Waals surface area (Å²) in [4.78, 5) is 36.3. The molecule has 9 heteroatoms. The lowest BCUT2D eigenvalue weighted by atomic mass is 9.92. The highest BCUT2D eigenvalue weighted by Gasteiger charge is 2.26. The molecule has 0 saturated carbocycles. The molecule has 0 aromatic heterocycles. The Morgan fingerprint density at radius 2 is 2.20 bits per heavy atom. The van der Waals surface area contributed by atoms with Gasteiger partial charge in [0.2, 0.25) is 11.8 Å². The lowest BCUT2D eigenvalue weighted by Crippen LogP contribution is -2.45. The number of hydrogen-bond donors (Lipinski definition) is 2. The Hall–Kier alpha value is -2.13. The summed E-state index contributed by atoms with van der Waals surface area (Å²) in [5, 5.41) is 11.2. The highest BCUT2D eigenvalue weighted by atomic mass is 32.2. The van der Waals surface area contributed by atoms with Gasteiger partial charge in [0.05, 0.1) is 15.6 Å². The quantitative estimate of drug-likeness (QED) is 0.444. The summed E-state index contributed by atoms with van der Waals surface area (Å²) in [5.74, 6) is -0.413. The molecule has 1 aliphatic rings. The van der Waals surface area contributed by atoms with Gasteiger partial charge < -0.3 is 16.4 Å². The van der Waals surface area contributed by atoms with Crippen LogP contribution in [0.5, 0.6) is 0 Å². The maximum Gasteiger partial charge on any atom is 0.283 e. The van der Waals surface area contributed by atoms with Gasteiger partial charge in [-0.25, -0.2) is 0 Å². The third-order valence-corrected chi connectivity index (χ3v) is 5.39. The van der Waals surface area contributed by atoms with E-state index >= 15 is 0 Å². The van der Waals surface area contributed by atoms with Crippen molar-refractivity contribution in [2.45, 2.75) is 30.7 Å². The van der Waals surface area contributed by atoms with Crippen molar-refractivity contribution in [3.8, 4) is 0 Å². The van der Waals surface area contributed by atoms with E-state index in [2.05, 4.69) is 0 Å². The maximum atomic E-state index is 12.4. The van der Waals surface area contributed by atoms with E-state index in [9.17, 15) is 19.7 Å². The number of amides is 2. The molecule has 0 spiro atoms. The summed E-state index contributed by atoms with van der Waals surface area (Å²) in [7, 11) is 0. The number of carbonyl (C=O) groups excluding carboxylic acids is 2. The largest absolute Gasteiger partial charge is 0.366 e. The van der Waals surface area contributed by atoms with Crippen LogP contribution in [0.15, 0.2) is 23.1 Å². The number of rotatable bonds is 6. The van der Waals surface area contributed by atoms with Gasteiger partial charge in [-0.15, -0.1) is 11.8 Å². The van der Waals surface area contributed by atoms with E-state index < -0.39 is 10.8 Å². The molecule has 4 N–H and O–H groups in total. The number of nitro benzene ring substituents is 1. The van der Waals surface area contributed by atoms with Gasteiger partial charge in [-0.3, -0.25) is 19.7 Å². The zero-order chi connectivity index (χ0) is 18.6. The van der Waals surface area contributed by atoms with E-state index in [1.807, 2.05) is 6.92 Å². The normalized spacial score (nSPS) is 18.6. The Labute approximate surface area is 150 Å². The van der Waals surface area contributed by atoms with Crippen LogP contribution in [0.3, 0.4) is 0 Å². The van der Waals surface area contributed by atoms with Gasteiger partial charge in [0.15, 0.2) is 0 Å². The van der Waals surface area contributed by atoms with E-state index in [4.69, 9.17) is 11.5 Å². The number of primary amides is 1. The van der Waals surface area contributed by atoms with Crippen LogP contribution < -0.4 is 11.5 Å². The van der Waals surface area contributed by atoms with Gasteiger partial charge in [-0.05, 0) is 37.8 Å². The molecule has 1 saturated heterocycles. The van der Waals surface area contributed by atoms with Gasteiger partial charge in [0.1, 0.15) is 0 Å². The number of likely N-dealkylation sites (tertiary alicyclic amines) is 1. The molecule has 1 fully saturated rings. The number of nitrogens with zero attached hydrogens (tertiary/aromatic N) is 2. The number of hydrogen-bond acceptors (Lipinski definition) is 6. The second kappa shape index (κ2) is 8.30. The molecule has 8 nitrogen and oxygen atoms in total. The minimum Gasteiger partial charge on any atom is -0.366 e. The van der Waals surface area contributed by atoms with Gasteiger partial charge in [-0.2, -0.15) is 0 Å². The number of piperidine rings is 1. The van der Waals surface area contributed by atoms with Gasteiger partial charge >= 0.3 is 0 Å². The number of carbonyl (C=O) groups is 2. The molecule has 1 aliphatic heterocycles. The SMILES string of the molecule is CC(N)C1CCCN(C(=O)CSc2ccc(C(N)=O)cc2[N+](=O)[O-])C1. The van der Waals surface area contributed by atoms with Crippen LogP contribution in [0.1, 0.15) is 30.1 Å². The molecular formula is C16H22N4O4S. The van der Waals surface area contributed by atoms with Crippen molar-refractivity contribution in [3.63, 3.8) is 0 Å². The Balaban J connectivity index is 2.04. The number of nitro groups is 1. The van der Waals surface area contributed by atoms with Crippen molar-refractivity contribution in [1.82, 2.24) is 4.90 Å². The fourth-order valence-corrected chi connectivity index (χ4v) is 3.74. The Bertz CT molecular complexity index is 680. The number of nitrogens with two attached hydrogens (primary N) is 2. The van der Waals surface area contributed by atoms with Crippen LogP contribution in [-0.4, -0.2) is 46.5 Å². The third kappa shape index (κ3) is 4.93. The van der Waals surface area contributed by atoms with E-state index in [0.717, 1.165) is 30.7 Å². The summed E-state index contributed by atoms with van der Waals surface area (Å²) in [6, 6.07) is 4.06. The first-order valence-electron chi connectivity index (χ1n) is 8.04. The molecule has 1 aromatic rings. The van der Waals surface area contributed by atoms with Crippen molar-refractivity contribution >= 4 is 29.3 Å². The predicted molar refractivity (Wildman–Crippen MR) is 95.3 cm³/mol. The molecule has 2 amide bonds. The van der Waals surface area contributed by atoms with Crippen molar-refractivity contribution in [2.24, 2.45) is 17.4 Å². The molecule has 25 heavy (non-hydrogen) atoms. The summed E-state index contributed by atoms with van der Waals surface area (Å²) < 4.78 is 0. The summed E-state index contributed by atoms with van der Waals surface area (Å²) >= 11 is 1.09. The zero-order valence-corrected chi connectivity index (χ0v) is 14.8. The number of thioether (sulfide) groups is 1. The summed E-state index contributed by atoms with van der Waals surface area (Å²) in [6.07, 6.45) is 1.92. The molecule has 2 atom stereocenters. The summed E-state index contributed by atoms with van der Waals surface area (Å²) in [6.45, 7) is 3.25. The maximum absolute atomic E-state index is 12.4. The van der Waals surface area contributed by atoms with Gasteiger partial charge in [0.25, 0.3) is 5.69 Å². The Kier molecular flexibility index (Phi) is 6.38. The first-order valence-corrected chi connectivity index (χ1v) is 9.02. The third-order valence-electron chi connectivity index (χ3n) is 4.35. The molecule has 1 heterocycles. The van der Waals surface area contributed by atoms with Crippen LogP contribution in [0.4, 0.5) is 5.69 Å². The highest BCUT2D eigenvalue weighted by Crippen LogP contribution is 2.30. The Morgan fingerprint density at radius 3 is 2.80 bits per heavy atom. The van der Waals surface area contributed by atoms with E-state index in [0.29, 0.717) is 18.0 Å². The van der Waals surface area contributed by atoms with Gasteiger partial charge in [0, 0.05) is 30.8 Å². The van der Waals surface area contributed by atoms with Crippen LogP contribution >= 0.6 is 11.8 Å². The highest BCUT2D eigenvalue weighted by molar-refractivity contribution is 8.00. The topological polar surface area (TPSA) is 133 Å². The fraction of sp³-hybridized carbons (Fsp3) is 0.500. The molecule has 136 valence electrons. The standard InChI is InChI=1S/C16H22N4O4S/c1-10(17)12-3-2-6-19(8-12)15(21)9-25-14-5-4-11(16(18)22)7-13(14)20(23)24/h4-5,7,10,12H,2-3,6,8-9,17H2,1H3,(H2,18,22). The van der Waals surface area contributed by atoms with Gasteiger partial charge in [-0.1, -0.05) is 0 Å². The second-order valence-electron chi connectivity index (χ2n) is 6.19. The summed E-state index contributed by atoms with van der Waals surface area (Å²) in [5.41, 5.74) is 10.9. The molecule has 2 unspecified atom stereocenters. The van der Waals surface area contributed by atoms with Crippen molar-refractivity contribution in [3.05, 3.63) is 33.9 Å². The molecule has 0 aliphatic carbocycles. The zero-order valence-electron chi connectivity index (χ0n) is 14.0. The first-order chi connectivity index (χ1) is 11.8. The molecular weight excluding hydrogens is 344 g/mol. The minimum absolute atomic E-state index is 0.0330. The van der Waals surface area contributed by atoms with E-state index in [1.165, 1.54) is 12.1 Å². The fourth-order valence-electron chi connectivity index (χ4n) is 2.83. The monoisotopic (exact) mass is 366 g/mol. The Morgan fingerprint density at radius 1 is 1.48 bits per heavy atom. The molecule has 0 bridgehead atoms. The molecule has 0 radical (unpaired) electrons. The molecule has 1 aromatic carbocycles. The van der Waals surface area contributed by atoms with Crippen LogP contribution in [0.2, 0.25) is 0 Å². The van der Waals surface area contributed by atoms with Crippen LogP contribution in [0.25, 0.3) is 0 Å². The van der Waals surface area contributed by atoms with Crippen LogP contribution in [0, 0.1) is 16.0 Å². The predicted octanol–water partition coefficient (Wildman–Crippen LogP) is 1.37. The van der Waals surface area contributed by atoms with Crippen molar-refractivity contribution in [2.75, 3.05) is 18.8 Å². The number of benzene rings is 1. The average Bonchev–Trinajstić information content (AvgIpc) is 2.59. The lowest BCUT2D eigenvalue weighted by molar-refractivity contribution is -0.387. The molecule has 2 rings (SSSR count). The lowest BCUT2D eigenvalue weighted by Gasteiger charge is -2.34. The van der Waals surface area contributed by atoms with E-state index in [1.54, 1.807) is 4.90 Å². The second-order valence-corrected chi connectivity index (χ2v) is 7.21. The van der Waals surface area contributed by atoms with E-state index in [-0.39, 0.29) is 34.9 Å².